The van der Waals surface area contributed by atoms with Gasteiger partial charge in [-0.15, -0.1) is 0 Å². The molecule has 12 nitrogen and oxygen atoms in total. The third-order valence-corrected chi connectivity index (χ3v) is 7.88. The normalized spacial score (nSPS) is 13.4. The fourth-order valence-corrected chi connectivity index (χ4v) is 5.33. The summed E-state index contributed by atoms with van der Waals surface area (Å²) in [6.07, 6.45) is 0.824. The maximum Gasteiger partial charge on any atom is 0.414 e. The minimum absolute atomic E-state index is 0.141. The van der Waals surface area contributed by atoms with E-state index < -0.39 is 22.0 Å². The van der Waals surface area contributed by atoms with Crippen LogP contribution in [0.15, 0.2) is 53.4 Å². The maximum absolute atomic E-state index is 13.0. The van der Waals surface area contributed by atoms with Crippen LogP contribution in [0.2, 0.25) is 0 Å². The van der Waals surface area contributed by atoms with E-state index in [0.717, 1.165) is 12.1 Å². The van der Waals surface area contributed by atoms with E-state index in [1.54, 1.807) is 18.2 Å². The Bertz CT molecular complexity index is 1190. The molecule has 0 aromatic heterocycles. The van der Waals surface area contributed by atoms with Crippen molar-refractivity contribution in [2.24, 2.45) is 0 Å². The Hall–Kier alpha value is -3.52. The minimum Gasteiger partial charge on any atom is -0.473 e. The van der Waals surface area contributed by atoms with Crippen molar-refractivity contribution in [3.05, 3.63) is 54.1 Å². The zero-order valence-electron chi connectivity index (χ0n) is 22.1. The van der Waals surface area contributed by atoms with Crippen LogP contribution in [-0.4, -0.2) is 93.3 Å². The highest BCUT2D eigenvalue weighted by Gasteiger charge is 2.24. The zero-order chi connectivity index (χ0) is 28.8. The molecule has 1 fully saturated rings. The van der Waals surface area contributed by atoms with Crippen molar-refractivity contribution in [2.45, 2.75) is 25.2 Å². The Labute approximate surface area is 228 Å². The molecule has 214 valence electrons. The number of hydrogen-bond donors (Lipinski definition) is 4. The van der Waals surface area contributed by atoms with Crippen molar-refractivity contribution in [1.29, 1.82) is 0 Å². The molecule has 1 aliphatic rings. The van der Waals surface area contributed by atoms with Crippen LogP contribution in [0.3, 0.4) is 0 Å². The van der Waals surface area contributed by atoms with E-state index in [9.17, 15) is 13.2 Å². The van der Waals surface area contributed by atoms with Gasteiger partial charge < -0.3 is 30.5 Å². The number of carboxylic acids is 2. The summed E-state index contributed by atoms with van der Waals surface area (Å²) in [5.41, 5.74) is 2.50. The highest BCUT2D eigenvalue weighted by Crippen LogP contribution is 2.31. The van der Waals surface area contributed by atoms with Gasteiger partial charge in [-0.05, 0) is 36.7 Å². The summed E-state index contributed by atoms with van der Waals surface area (Å²) in [6.45, 7) is 7.75. The molecule has 0 bridgehead atoms. The lowest BCUT2D eigenvalue weighted by atomic mass is 10.1. The number of carbonyl (C=O) groups is 3. The number of ether oxygens (including phenoxy) is 1. The van der Waals surface area contributed by atoms with Gasteiger partial charge in [-0.25, -0.2) is 18.0 Å². The Morgan fingerprint density at radius 2 is 1.59 bits per heavy atom. The number of hydrogen-bond acceptors (Lipinski definition) is 8. The molecule has 2 aromatic carbocycles. The molecule has 0 spiro atoms. The van der Waals surface area contributed by atoms with Crippen molar-refractivity contribution in [1.82, 2.24) is 9.62 Å². The smallest absolute Gasteiger partial charge is 0.414 e. The summed E-state index contributed by atoms with van der Waals surface area (Å²) in [7, 11) is -3.64. The number of benzene rings is 2. The fourth-order valence-electron chi connectivity index (χ4n) is 3.84. The summed E-state index contributed by atoms with van der Waals surface area (Å²) < 4.78 is 32.9. The van der Waals surface area contributed by atoms with Gasteiger partial charge in [-0.1, -0.05) is 44.2 Å². The lowest BCUT2D eigenvalue weighted by Crippen LogP contribution is -2.37. The summed E-state index contributed by atoms with van der Waals surface area (Å²) in [6, 6.07) is 15.0. The number of nitrogens with one attached hydrogen (secondary N) is 2. The van der Waals surface area contributed by atoms with Crippen molar-refractivity contribution < 1.29 is 37.8 Å². The second-order valence-electron chi connectivity index (χ2n) is 8.44. The Morgan fingerprint density at radius 1 is 0.974 bits per heavy atom. The van der Waals surface area contributed by atoms with Crippen LogP contribution < -0.4 is 15.5 Å². The first-order valence-electron chi connectivity index (χ1n) is 12.6. The van der Waals surface area contributed by atoms with Crippen molar-refractivity contribution in [2.75, 3.05) is 62.7 Å². The highest BCUT2D eigenvalue weighted by atomic mass is 32.2. The van der Waals surface area contributed by atoms with Crippen LogP contribution in [0.1, 0.15) is 19.4 Å². The van der Waals surface area contributed by atoms with Crippen LogP contribution >= 0.6 is 0 Å². The molecule has 13 heteroatoms. The Morgan fingerprint density at radius 3 is 2.15 bits per heavy atom. The first kappa shape index (κ1) is 31.7. The molecular formula is C26H36N4O8S. The molecule has 2 aromatic rings. The zero-order valence-corrected chi connectivity index (χ0v) is 22.9. The molecule has 1 amide bonds. The van der Waals surface area contributed by atoms with Crippen molar-refractivity contribution in [3.63, 3.8) is 0 Å². The number of nitrogens with zero attached hydrogens (tertiary/aromatic N) is 2. The van der Waals surface area contributed by atoms with Gasteiger partial charge in [0.2, 0.25) is 15.9 Å². The van der Waals surface area contributed by atoms with Gasteiger partial charge in [0.15, 0.2) is 0 Å². The maximum atomic E-state index is 13.0. The largest absolute Gasteiger partial charge is 0.473 e. The first-order chi connectivity index (χ1) is 18.6. The van der Waals surface area contributed by atoms with E-state index >= 15 is 0 Å². The van der Waals surface area contributed by atoms with Gasteiger partial charge in [0.05, 0.1) is 36.0 Å². The standard InChI is InChI=1S/C24H34N4O4S.C2H2O4/c1-3-28(4-2)33(30,31)21-10-11-23(27-14-16-32-17-15-27)22(18-21)26-24(29)19-25-13-12-20-8-6-5-7-9-20;3-1(4)2(5)6/h5-11,18,25H,3-4,12-17,19H2,1-2H3,(H,26,29);(H,3,4)(H,5,6). The molecule has 3 rings (SSSR count). The van der Waals surface area contributed by atoms with Gasteiger partial charge >= 0.3 is 11.9 Å². The molecular weight excluding hydrogens is 528 g/mol. The van der Waals surface area contributed by atoms with E-state index in [0.29, 0.717) is 51.6 Å². The van der Waals surface area contributed by atoms with E-state index in [2.05, 4.69) is 27.7 Å². The van der Waals surface area contributed by atoms with Gasteiger partial charge in [-0.3, -0.25) is 4.79 Å². The van der Waals surface area contributed by atoms with E-state index in [1.807, 2.05) is 32.0 Å². The van der Waals surface area contributed by atoms with Crippen LogP contribution in [0.25, 0.3) is 0 Å². The lowest BCUT2D eigenvalue weighted by molar-refractivity contribution is -0.159. The number of sulfonamides is 1. The molecule has 4 N–H and O–H groups in total. The predicted octanol–water partition coefficient (Wildman–Crippen LogP) is 1.48. The second kappa shape index (κ2) is 15.8. The van der Waals surface area contributed by atoms with Crippen LogP contribution in [-0.2, 0) is 35.6 Å². The molecule has 0 unspecified atom stereocenters. The average molecular weight is 565 g/mol. The molecule has 0 radical (unpaired) electrons. The van der Waals surface area contributed by atoms with Crippen molar-refractivity contribution >= 4 is 39.2 Å². The highest BCUT2D eigenvalue weighted by molar-refractivity contribution is 7.89. The lowest BCUT2D eigenvalue weighted by Gasteiger charge is -2.31. The third-order valence-electron chi connectivity index (χ3n) is 5.84. The number of rotatable bonds is 11. The molecule has 0 aliphatic carbocycles. The summed E-state index contributed by atoms with van der Waals surface area (Å²) in [4.78, 5) is 33.2. The average Bonchev–Trinajstić information content (AvgIpc) is 2.93. The van der Waals surface area contributed by atoms with E-state index in [4.69, 9.17) is 24.5 Å². The van der Waals surface area contributed by atoms with E-state index in [1.165, 1.54) is 9.87 Å². The summed E-state index contributed by atoms with van der Waals surface area (Å²) >= 11 is 0. The fraction of sp³-hybridized carbons (Fsp3) is 0.423. The number of amides is 1. The van der Waals surface area contributed by atoms with Crippen LogP contribution in [0, 0.1) is 0 Å². The number of anilines is 2. The summed E-state index contributed by atoms with van der Waals surface area (Å²) in [5.74, 6) is -3.86. The first-order valence-corrected chi connectivity index (χ1v) is 14.0. The van der Waals surface area contributed by atoms with Crippen LogP contribution in [0.5, 0.6) is 0 Å². The molecule has 1 saturated heterocycles. The third kappa shape index (κ3) is 9.94. The monoisotopic (exact) mass is 564 g/mol. The van der Waals surface area contributed by atoms with Gasteiger partial charge in [0.1, 0.15) is 0 Å². The number of carboxylic acid groups (broad SMARTS) is 2. The topological polar surface area (TPSA) is 166 Å². The van der Waals surface area contributed by atoms with E-state index in [-0.39, 0.29) is 17.3 Å². The number of aliphatic carboxylic acids is 2. The predicted molar refractivity (Wildman–Crippen MR) is 146 cm³/mol. The van der Waals surface area contributed by atoms with Gasteiger partial charge in [-0.2, -0.15) is 4.31 Å². The number of morpholine rings is 1. The van der Waals surface area contributed by atoms with Crippen LogP contribution in [0.4, 0.5) is 11.4 Å². The SMILES string of the molecule is CCN(CC)S(=O)(=O)c1ccc(N2CCOCC2)c(NC(=O)CNCCc2ccccc2)c1.O=C(O)C(=O)O. The molecule has 1 aliphatic heterocycles. The van der Waals surface area contributed by atoms with Gasteiger partial charge in [0.25, 0.3) is 0 Å². The summed E-state index contributed by atoms with van der Waals surface area (Å²) in [5, 5.41) is 20.9. The molecule has 1 heterocycles. The van der Waals surface area contributed by atoms with Crippen molar-refractivity contribution in [3.8, 4) is 0 Å². The molecule has 0 saturated carbocycles. The Balaban J connectivity index is 0.000000798. The molecule has 0 atom stereocenters. The van der Waals surface area contributed by atoms with Gasteiger partial charge in [0, 0.05) is 26.2 Å². The number of carbonyl (C=O) groups excluding carboxylic acids is 1. The second-order valence-corrected chi connectivity index (χ2v) is 10.4. The molecule has 39 heavy (non-hydrogen) atoms. The minimum atomic E-state index is -3.64. The Kier molecular flexibility index (Phi) is 12.8. The quantitative estimate of drug-likeness (QED) is 0.232.